The van der Waals surface area contributed by atoms with E-state index in [9.17, 15) is 16.8 Å². The zero-order chi connectivity index (χ0) is 19.1. The molecule has 0 unspecified atom stereocenters. The van der Waals surface area contributed by atoms with Crippen molar-refractivity contribution in [1.82, 2.24) is 8.61 Å². The molecular weight excluding hydrogens is 376 g/mol. The molecule has 146 valence electrons. The van der Waals surface area contributed by atoms with Gasteiger partial charge >= 0.3 is 0 Å². The SMILES string of the molecule is Cc1ccc(C)c(S(=O)(=O)N2CC(N(C3CCOCC3)S(C)(=O)=O)C2)c1. The molecular formula is C17H26N2O5S2. The van der Waals surface area contributed by atoms with E-state index >= 15 is 0 Å². The minimum atomic E-state index is -3.61. The van der Waals surface area contributed by atoms with Crippen LogP contribution < -0.4 is 0 Å². The molecule has 2 saturated heterocycles. The molecule has 0 aromatic heterocycles. The average molecular weight is 403 g/mol. The standard InChI is InChI=1S/C17H26N2O5S2/c1-13-4-5-14(2)17(10-13)26(22,23)18-11-16(12-18)19(25(3,20)21)15-6-8-24-9-7-15/h4-5,10,15-16H,6-9,11-12H2,1-3H3. The van der Waals surface area contributed by atoms with Crippen LogP contribution in [0, 0.1) is 13.8 Å². The Morgan fingerprint density at radius 2 is 1.65 bits per heavy atom. The molecule has 0 atom stereocenters. The second-order valence-electron chi connectivity index (χ2n) is 7.18. The van der Waals surface area contributed by atoms with Gasteiger partial charge in [-0.2, -0.15) is 8.61 Å². The predicted octanol–water partition coefficient (Wildman–Crippen LogP) is 1.12. The first-order chi connectivity index (χ1) is 12.1. The van der Waals surface area contributed by atoms with Crippen molar-refractivity contribution in [1.29, 1.82) is 0 Å². The van der Waals surface area contributed by atoms with Gasteiger partial charge in [0.1, 0.15) is 0 Å². The molecule has 2 heterocycles. The monoisotopic (exact) mass is 402 g/mol. The Balaban J connectivity index is 1.78. The van der Waals surface area contributed by atoms with Crippen LogP contribution in [0.1, 0.15) is 24.0 Å². The molecule has 2 aliphatic heterocycles. The summed E-state index contributed by atoms with van der Waals surface area (Å²) < 4.78 is 58.7. The minimum Gasteiger partial charge on any atom is -0.381 e. The number of hydrogen-bond donors (Lipinski definition) is 0. The summed E-state index contributed by atoms with van der Waals surface area (Å²) >= 11 is 0. The Labute approximate surface area is 156 Å². The van der Waals surface area contributed by atoms with Crippen molar-refractivity contribution in [3.8, 4) is 0 Å². The van der Waals surface area contributed by atoms with E-state index in [2.05, 4.69) is 0 Å². The first kappa shape index (κ1) is 19.8. The lowest BCUT2D eigenvalue weighted by molar-refractivity contribution is 0.0317. The molecule has 1 aromatic rings. The van der Waals surface area contributed by atoms with Crippen LogP contribution in [0.25, 0.3) is 0 Å². The van der Waals surface area contributed by atoms with Crippen LogP contribution in [-0.2, 0) is 24.8 Å². The van der Waals surface area contributed by atoms with Crippen molar-refractivity contribution in [3.05, 3.63) is 29.3 Å². The molecule has 0 aliphatic carbocycles. The summed E-state index contributed by atoms with van der Waals surface area (Å²) in [6.45, 7) is 5.09. The summed E-state index contributed by atoms with van der Waals surface area (Å²) in [5, 5.41) is 0. The molecule has 2 aliphatic rings. The third-order valence-corrected chi connectivity index (χ3v) is 8.42. The van der Waals surface area contributed by atoms with Crippen molar-refractivity contribution in [2.75, 3.05) is 32.6 Å². The average Bonchev–Trinajstić information content (AvgIpc) is 2.52. The van der Waals surface area contributed by atoms with Gasteiger partial charge in [-0.1, -0.05) is 12.1 Å². The fourth-order valence-corrected chi connectivity index (χ4v) is 6.93. The third kappa shape index (κ3) is 3.82. The number of ether oxygens (including phenoxy) is 1. The van der Waals surface area contributed by atoms with Crippen LogP contribution in [0.3, 0.4) is 0 Å². The van der Waals surface area contributed by atoms with Crippen LogP contribution in [0.2, 0.25) is 0 Å². The van der Waals surface area contributed by atoms with Gasteiger partial charge in [0.15, 0.2) is 0 Å². The largest absolute Gasteiger partial charge is 0.381 e. The van der Waals surface area contributed by atoms with E-state index in [1.165, 1.54) is 14.9 Å². The molecule has 7 nitrogen and oxygen atoms in total. The molecule has 0 amide bonds. The highest BCUT2D eigenvalue weighted by atomic mass is 32.2. The zero-order valence-electron chi connectivity index (χ0n) is 15.4. The van der Waals surface area contributed by atoms with Crippen molar-refractivity contribution in [2.24, 2.45) is 0 Å². The Morgan fingerprint density at radius 1 is 1.04 bits per heavy atom. The normalized spacial score (nSPS) is 21.1. The zero-order valence-corrected chi connectivity index (χ0v) is 17.0. The van der Waals surface area contributed by atoms with Gasteiger partial charge in [0, 0.05) is 32.3 Å². The molecule has 0 N–H and O–H groups in total. The summed E-state index contributed by atoms with van der Waals surface area (Å²) in [6, 6.07) is 4.92. The van der Waals surface area contributed by atoms with Gasteiger partial charge in [-0.3, -0.25) is 0 Å². The van der Waals surface area contributed by atoms with E-state index in [0.717, 1.165) is 5.56 Å². The van der Waals surface area contributed by atoms with E-state index in [1.807, 2.05) is 13.0 Å². The highest BCUT2D eigenvalue weighted by molar-refractivity contribution is 7.89. The van der Waals surface area contributed by atoms with Gasteiger partial charge in [0.05, 0.1) is 17.2 Å². The quantitative estimate of drug-likeness (QED) is 0.737. The van der Waals surface area contributed by atoms with Crippen molar-refractivity contribution in [2.45, 2.75) is 43.7 Å². The summed E-state index contributed by atoms with van der Waals surface area (Å²) in [5.41, 5.74) is 1.58. The first-order valence-corrected chi connectivity index (χ1v) is 12.0. The number of aryl methyl sites for hydroxylation is 2. The highest BCUT2D eigenvalue weighted by Crippen LogP contribution is 2.30. The molecule has 1 aromatic carbocycles. The Hall–Kier alpha value is -1.00. The van der Waals surface area contributed by atoms with E-state index < -0.39 is 20.0 Å². The predicted molar refractivity (Wildman–Crippen MR) is 99.0 cm³/mol. The van der Waals surface area contributed by atoms with Gasteiger partial charge in [0.2, 0.25) is 20.0 Å². The number of sulfonamides is 2. The summed E-state index contributed by atoms with van der Waals surface area (Å²) in [5.74, 6) is 0. The number of rotatable bonds is 5. The van der Waals surface area contributed by atoms with Gasteiger partial charge < -0.3 is 4.74 Å². The smallest absolute Gasteiger partial charge is 0.243 e. The minimum absolute atomic E-state index is 0.116. The molecule has 26 heavy (non-hydrogen) atoms. The number of hydrogen-bond acceptors (Lipinski definition) is 5. The topological polar surface area (TPSA) is 84.0 Å². The second-order valence-corrected chi connectivity index (χ2v) is 11.0. The van der Waals surface area contributed by atoms with E-state index in [0.29, 0.717) is 36.5 Å². The summed E-state index contributed by atoms with van der Waals surface area (Å²) in [4.78, 5) is 0.299. The molecule has 0 saturated carbocycles. The Kier molecular flexibility index (Phi) is 5.47. The lowest BCUT2D eigenvalue weighted by Crippen LogP contribution is -2.64. The lowest BCUT2D eigenvalue weighted by atomic mass is 10.1. The number of nitrogens with zero attached hydrogens (tertiary/aromatic N) is 2. The van der Waals surface area contributed by atoms with Gasteiger partial charge in [-0.15, -0.1) is 0 Å². The van der Waals surface area contributed by atoms with Crippen molar-refractivity contribution in [3.63, 3.8) is 0 Å². The molecule has 0 bridgehead atoms. The van der Waals surface area contributed by atoms with E-state index in [4.69, 9.17) is 4.74 Å². The van der Waals surface area contributed by atoms with Crippen LogP contribution in [0.15, 0.2) is 23.1 Å². The Morgan fingerprint density at radius 3 is 2.23 bits per heavy atom. The van der Waals surface area contributed by atoms with E-state index in [1.54, 1.807) is 19.1 Å². The molecule has 3 rings (SSSR count). The fraction of sp³-hybridized carbons (Fsp3) is 0.647. The first-order valence-electron chi connectivity index (χ1n) is 8.74. The molecule has 0 spiro atoms. The highest BCUT2D eigenvalue weighted by Gasteiger charge is 2.45. The molecule has 2 fully saturated rings. The van der Waals surface area contributed by atoms with Crippen LogP contribution in [0.5, 0.6) is 0 Å². The number of benzene rings is 1. The van der Waals surface area contributed by atoms with Crippen molar-refractivity contribution >= 4 is 20.0 Å². The van der Waals surface area contributed by atoms with Crippen LogP contribution in [-0.4, -0.2) is 70.1 Å². The maximum Gasteiger partial charge on any atom is 0.243 e. The maximum atomic E-state index is 12.9. The third-order valence-electron chi connectivity index (χ3n) is 5.08. The maximum absolute atomic E-state index is 12.9. The van der Waals surface area contributed by atoms with Crippen LogP contribution >= 0.6 is 0 Å². The molecule has 9 heteroatoms. The fourth-order valence-electron chi connectivity index (χ4n) is 3.68. The van der Waals surface area contributed by atoms with Gasteiger partial charge in [-0.25, -0.2) is 16.8 Å². The van der Waals surface area contributed by atoms with Crippen LogP contribution in [0.4, 0.5) is 0 Å². The lowest BCUT2D eigenvalue weighted by Gasteiger charge is -2.46. The Bertz CT molecular complexity index is 870. The van der Waals surface area contributed by atoms with Gasteiger partial charge in [-0.05, 0) is 43.9 Å². The molecule has 0 radical (unpaired) electrons. The van der Waals surface area contributed by atoms with Crippen molar-refractivity contribution < 1.29 is 21.6 Å². The summed E-state index contributed by atoms with van der Waals surface area (Å²) in [6.07, 6.45) is 2.49. The van der Waals surface area contributed by atoms with Gasteiger partial charge in [0.25, 0.3) is 0 Å². The van der Waals surface area contributed by atoms with E-state index in [-0.39, 0.29) is 25.2 Å². The second kappa shape index (κ2) is 7.20. The summed E-state index contributed by atoms with van der Waals surface area (Å²) in [7, 11) is -7.03.